The van der Waals surface area contributed by atoms with E-state index in [0.29, 0.717) is 5.69 Å². The summed E-state index contributed by atoms with van der Waals surface area (Å²) in [4.78, 5) is 10.1. The lowest BCUT2D eigenvalue weighted by Crippen LogP contribution is -2.52. The normalized spacial score (nSPS) is 13.5. The van der Waals surface area contributed by atoms with Gasteiger partial charge in [-0.25, -0.2) is 4.98 Å². The molecule has 0 aliphatic heterocycles. The van der Waals surface area contributed by atoms with Crippen LogP contribution in [0.15, 0.2) is 110 Å². The number of aromatic nitrogens is 2. The van der Waals surface area contributed by atoms with E-state index < -0.39 is 11.0 Å². The summed E-state index contributed by atoms with van der Waals surface area (Å²) in [6, 6.07) is 33.3. The largest absolute Gasteiger partial charge is 0.377 e. The van der Waals surface area contributed by atoms with Crippen molar-refractivity contribution in [2.24, 2.45) is 0 Å². The summed E-state index contributed by atoms with van der Waals surface area (Å²) < 4.78 is 0. The zero-order chi connectivity index (χ0) is 24.3. The average molecular weight is 479 g/mol. The molecule has 3 nitrogen and oxygen atoms in total. The van der Waals surface area contributed by atoms with E-state index >= 15 is 0 Å². The highest BCUT2D eigenvalue weighted by molar-refractivity contribution is 7.12. The molecule has 3 aromatic carbocycles. The van der Waals surface area contributed by atoms with Crippen LogP contribution in [0.5, 0.6) is 0 Å². The van der Waals surface area contributed by atoms with Crippen molar-refractivity contribution in [3.05, 3.63) is 147 Å². The van der Waals surface area contributed by atoms with Gasteiger partial charge in [0, 0.05) is 15.3 Å². The summed E-state index contributed by atoms with van der Waals surface area (Å²) in [5, 5.41) is 13.5. The van der Waals surface area contributed by atoms with Crippen molar-refractivity contribution in [1.29, 1.82) is 0 Å². The molecule has 35 heavy (non-hydrogen) atoms. The molecule has 1 atom stereocenters. The van der Waals surface area contributed by atoms with E-state index in [-0.39, 0.29) is 0 Å². The van der Waals surface area contributed by atoms with Crippen LogP contribution in [0.1, 0.15) is 51.5 Å². The third-order valence-electron chi connectivity index (χ3n) is 6.97. The first kappa shape index (κ1) is 23.3. The van der Waals surface area contributed by atoms with Crippen molar-refractivity contribution in [3.63, 3.8) is 0 Å². The van der Waals surface area contributed by atoms with Crippen LogP contribution in [0.2, 0.25) is 0 Å². The van der Waals surface area contributed by atoms with E-state index in [9.17, 15) is 5.11 Å². The molecule has 4 heteroatoms. The lowest BCUT2D eigenvalue weighted by molar-refractivity contribution is 0.0239. The predicted octanol–water partition coefficient (Wildman–Crippen LogP) is 6.87. The predicted molar refractivity (Wildman–Crippen MR) is 144 cm³/mol. The van der Waals surface area contributed by atoms with Crippen molar-refractivity contribution >= 4 is 11.3 Å². The first-order chi connectivity index (χ1) is 17.2. The number of aliphatic hydroxyl groups is 1. The number of aromatic amines is 1. The van der Waals surface area contributed by atoms with Crippen LogP contribution < -0.4 is 0 Å². The molecule has 2 aromatic heterocycles. The lowest BCUT2D eigenvalue weighted by Gasteiger charge is -2.48. The van der Waals surface area contributed by atoms with Gasteiger partial charge < -0.3 is 10.1 Å². The summed E-state index contributed by atoms with van der Waals surface area (Å²) in [7, 11) is 0. The number of benzene rings is 3. The number of hydrogen-bond acceptors (Lipinski definition) is 3. The molecule has 176 valence electrons. The minimum atomic E-state index is -1.46. The zero-order valence-corrected chi connectivity index (χ0v) is 20.9. The topological polar surface area (TPSA) is 48.9 Å². The Morgan fingerprint density at radius 1 is 0.771 bits per heavy atom. The number of H-pyrrole nitrogens is 1. The van der Waals surface area contributed by atoms with Crippen LogP contribution in [0, 0.1) is 0 Å². The molecular formula is C31H30N2OS. The van der Waals surface area contributed by atoms with E-state index in [0.717, 1.165) is 35.1 Å². The first-order valence-corrected chi connectivity index (χ1v) is 13.0. The summed E-state index contributed by atoms with van der Waals surface area (Å²) >= 11 is 1.79. The van der Waals surface area contributed by atoms with E-state index in [1.807, 2.05) is 18.2 Å². The van der Waals surface area contributed by atoms with Crippen LogP contribution >= 0.6 is 11.3 Å². The number of rotatable bonds is 8. The van der Waals surface area contributed by atoms with Crippen molar-refractivity contribution in [1.82, 2.24) is 9.97 Å². The quantitative estimate of drug-likeness (QED) is 0.239. The summed E-state index contributed by atoms with van der Waals surface area (Å²) in [5.74, 6) is 0. The van der Waals surface area contributed by atoms with Gasteiger partial charge >= 0.3 is 0 Å². The van der Waals surface area contributed by atoms with Crippen molar-refractivity contribution in [3.8, 4) is 0 Å². The second-order valence-corrected chi connectivity index (χ2v) is 10.0. The molecule has 0 radical (unpaired) electrons. The average Bonchev–Trinajstić information content (AvgIpc) is 3.62. The van der Waals surface area contributed by atoms with Gasteiger partial charge in [-0.2, -0.15) is 0 Å². The van der Waals surface area contributed by atoms with Crippen LogP contribution in [-0.2, 0) is 23.9 Å². The maximum atomic E-state index is 13.5. The molecule has 0 fully saturated rings. The number of thiophene rings is 1. The third-order valence-corrected chi connectivity index (χ3v) is 8.39. The molecule has 0 saturated heterocycles. The molecular weight excluding hydrogens is 448 g/mol. The standard InChI is InChI=1S/C31H30N2OS/c1-3-26-20-27(28(4-2)35-26)31(34,29-21-32-22-33-29)30(23-14-8-5-9-15-23,24-16-10-6-11-17-24)25-18-12-7-13-19-25/h5-22,34H,3-4H2,1-2H3,(H,32,33). The second kappa shape index (κ2) is 9.65. The minimum absolute atomic E-state index is 0.671. The SMILES string of the molecule is CCc1cc(C(O)(c2cnc[nH]2)C(c2ccccc2)(c2ccccc2)c2ccccc2)c(CC)s1. The molecule has 5 aromatic rings. The fraction of sp³-hybridized carbons (Fsp3) is 0.194. The summed E-state index contributed by atoms with van der Waals surface area (Å²) in [6.07, 6.45) is 5.19. The Labute approximate surface area is 211 Å². The van der Waals surface area contributed by atoms with Crippen LogP contribution in [0.3, 0.4) is 0 Å². The highest BCUT2D eigenvalue weighted by Gasteiger charge is 2.58. The van der Waals surface area contributed by atoms with Gasteiger partial charge in [-0.1, -0.05) is 105 Å². The Morgan fingerprint density at radius 3 is 1.69 bits per heavy atom. The maximum Gasteiger partial charge on any atom is 0.150 e. The van der Waals surface area contributed by atoms with Crippen LogP contribution in [0.25, 0.3) is 0 Å². The highest BCUT2D eigenvalue weighted by atomic mass is 32.1. The van der Waals surface area contributed by atoms with Gasteiger partial charge in [0.25, 0.3) is 0 Å². The molecule has 0 aliphatic rings. The van der Waals surface area contributed by atoms with E-state index in [1.54, 1.807) is 23.9 Å². The second-order valence-electron chi connectivity index (χ2n) is 8.78. The Hall–Kier alpha value is -3.47. The van der Waals surface area contributed by atoms with Gasteiger partial charge in [0.05, 0.1) is 23.6 Å². The Balaban J connectivity index is 2.01. The molecule has 0 bridgehead atoms. The van der Waals surface area contributed by atoms with Gasteiger partial charge in [0.1, 0.15) is 5.60 Å². The fourth-order valence-electron chi connectivity index (χ4n) is 5.42. The van der Waals surface area contributed by atoms with Crippen LogP contribution in [0.4, 0.5) is 0 Å². The number of nitrogens with zero attached hydrogens (tertiary/aromatic N) is 1. The van der Waals surface area contributed by atoms with Crippen molar-refractivity contribution in [2.45, 2.75) is 37.7 Å². The number of nitrogens with one attached hydrogen (secondary N) is 1. The van der Waals surface area contributed by atoms with Crippen molar-refractivity contribution in [2.75, 3.05) is 0 Å². The molecule has 0 amide bonds. The van der Waals surface area contributed by atoms with Crippen molar-refractivity contribution < 1.29 is 5.11 Å². The third kappa shape index (κ3) is 3.65. The van der Waals surface area contributed by atoms with Gasteiger partial charge in [0.2, 0.25) is 0 Å². The van der Waals surface area contributed by atoms with Gasteiger partial charge in [0.15, 0.2) is 0 Å². The Kier molecular flexibility index (Phi) is 6.42. The van der Waals surface area contributed by atoms with Gasteiger partial charge in [-0.05, 0) is 35.6 Å². The minimum Gasteiger partial charge on any atom is -0.377 e. The zero-order valence-electron chi connectivity index (χ0n) is 20.1. The lowest BCUT2D eigenvalue weighted by atomic mass is 9.56. The molecule has 0 aliphatic carbocycles. The van der Waals surface area contributed by atoms with E-state index in [2.05, 4.69) is 103 Å². The van der Waals surface area contributed by atoms with Crippen LogP contribution in [-0.4, -0.2) is 15.1 Å². The Bertz CT molecular complexity index is 1270. The van der Waals surface area contributed by atoms with Gasteiger partial charge in [-0.3, -0.25) is 0 Å². The molecule has 5 rings (SSSR count). The molecule has 2 heterocycles. The highest BCUT2D eigenvalue weighted by Crippen LogP contribution is 2.56. The van der Waals surface area contributed by atoms with E-state index in [1.165, 1.54) is 9.75 Å². The monoisotopic (exact) mass is 478 g/mol. The van der Waals surface area contributed by atoms with E-state index in [4.69, 9.17) is 0 Å². The first-order valence-electron chi connectivity index (χ1n) is 12.2. The number of aryl methyl sites for hydroxylation is 2. The number of hydrogen-bond donors (Lipinski definition) is 2. The maximum absolute atomic E-state index is 13.5. The smallest absolute Gasteiger partial charge is 0.150 e. The molecule has 1 unspecified atom stereocenters. The molecule has 0 saturated carbocycles. The Morgan fingerprint density at radius 2 is 1.29 bits per heavy atom. The summed E-state index contributed by atoms with van der Waals surface area (Å²) in [5.41, 5.74) is 2.25. The fourth-order valence-corrected chi connectivity index (χ4v) is 6.52. The summed E-state index contributed by atoms with van der Waals surface area (Å²) in [6.45, 7) is 4.33. The molecule has 0 spiro atoms. The van der Waals surface area contributed by atoms with Gasteiger partial charge in [-0.15, -0.1) is 11.3 Å². The number of imidazole rings is 1. The molecule has 2 N–H and O–H groups in total.